The lowest BCUT2D eigenvalue weighted by Crippen LogP contribution is -2.23. The van der Waals surface area contributed by atoms with Crippen molar-refractivity contribution in [2.24, 2.45) is 0 Å². The average molecular weight is 342 g/mol. The van der Waals surface area contributed by atoms with E-state index in [9.17, 15) is 4.39 Å². The Morgan fingerprint density at radius 3 is 2.63 bits per heavy atom. The van der Waals surface area contributed by atoms with Gasteiger partial charge in [-0.05, 0) is 65.0 Å². The topological polar surface area (TPSA) is 12.0 Å². The maximum atomic E-state index is 14.4. The van der Waals surface area contributed by atoms with E-state index in [2.05, 4.69) is 21.2 Å². The van der Waals surface area contributed by atoms with Gasteiger partial charge in [-0.25, -0.2) is 4.39 Å². The highest BCUT2D eigenvalue weighted by Crippen LogP contribution is 2.35. The zero-order valence-electron chi connectivity index (χ0n) is 11.3. The molecular weight excluding hydrogens is 325 g/mol. The molecule has 0 amide bonds. The van der Waals surface area contributed by atoms with Gasteiger partial charge in [-0.1, -0.05) is 13.0 Å². The summed E-state index contributed by atoms with van der Waals surface area (Å²) < 4.78 is 15.4. The normalized spacial score (nSPS) is 12.7. The SMILES string of the molecule is CCNC(c1sccc1Br)c1c(C)cc(C)cc1F. The van der Waals surface area contributed by atoms with Crippen LogP contribution in [0.1, 0.15) is 34.5 Å². The molecular formula is C15H17BrFNS. The maximum Gasteiger partial charge on any atom is 0.128 e. The predicted molar refractivity (Wildman–Crippen MR) is 83.4 cm³/mol. The molecule has 1 atom stereocenters. The molecule has 1 aromatic heterocycles. The molecule has 0 saturated heterocycles. The van der Waals surface area contributed by atoms with Crippen LogP contribution in [-0.4, -0.2) is 6.54 Å². The van der Waals surface area contributed by atoms with E-state index in [4.69, 9.17) is 0 Å². The molecule has 4 heteroatoms. The zero-order chi connectivity index (χ0) is 14.0. The van der Waals surface area contributed by atoms with Crippen LogP contribution in [0, 0.1) is 19.7 Å². The van der Waals surface area contributed by atoms with Crippen LogP contribution in [0.2, 0.25) is 0 Å². The molecule has 0 fully saturated rings. The lowest BCUT2D eigenvalue weighted by molar-refractivity contribution is 0.558. The van der Waals surface area contributed by atoms with Gasteiger partial charge in [-0.2, -0.15) is 0 Å². The fraction of sp³-hybridized carbons (Fsp3) is 0.333. The Balaban J connectivity index is 2.54. The molecule has 1 unspecified atom stereocenters. The largest absolute Gasteiger partial charge is 0.306 e. The number of thiophene rings is 1. The van der Waals surface area contributed by atoms with E-state index in [1.807, 2.05) is 38.3 Å². The van der Waals surface area contributed by atoms with Crippen molar-refractivity contribution in [2.45, 2.75) is 26.8 Å². The fourth-order valence-corrected chi connectivity index (χ4v) is 4.02. The monoisotopic (exact) mass is 341 g/mol. The molecule has 2 rings (SSSR count). The van der Waals surface area contributed by atoms with Crippen molar-refractivity contribution in [3.63, 3.8) is 0 Å². The van der Waals surface area contributed by atoms with Gasteiger partial charge in [0.1, 0.15) is 5.82 Å². The van der Waals surface area contributed by atoms with Gasteiger partial charge in [-0.15, -0.1) is 11.3 Å². The Morgan fingerprint density at radius 1 is 1.37 bits per heavy atom. The second kappa shape index (κ2) is 6.16. The lowest BCUT2D eigenvalue weighted by Gasteiger charge is -2.21. The van der Waals surface area contributed by atoms with Crippen molar-refractivity contribution in [3.05, 3.63) is 55.4 Å². The summed E-state index contributed by atoms with van der Waals surface area (Å²) in [5.74, 6) is -0.135. The zero-order valence-corrected chi connectivity index (χ0v) is 13.7. The van der Waals surface area contributed by atoms with E-state index >= 15 is 0 Å². The fourth-order valence-electron chi connectivity index (χ4n) is 2.33. The standard InChI is InChI=1S/C15H17BrFNS/c1-4-18-14(15-11(16)5-6-19-15)13-10(3)7-9(2)8-12(13)17/h5-8,14,18H,4H2,1-3H3. The predicted octanol–water partition coefficient (Wildman–Crippen LogP) is 4.97. The summed E-state index contributed by atoms with van der Waals surface area (Å²) in [6.07, 6.45) is 0. The first-order chi connectivity index (χ1) is 9.04. The summed E-state index contributed by atoms with van der Waals surface area (Å²) in [4.78, 5) is 1.12. The molecule has 1 aromatic carbocycles. The Morgan fingerprint density at radius 2 is 2.11 bits per heavy atom. The highest BCUT2D eigenvalue weighted by Gasteiger charge is 2.22. The minimum absolute atomic E-state index is 0.0972. The Kier molecular flexibility index (Phi) is 4.76. The van der Waals surface area contributed by atoms with E-state index in [0.717, 1.165) is 32.6 Å². The van der Waals surface area contributed by atoms with Crippen LogP contribution >= 0.6 is 27.3 Å². The van der Waals surface area contributed by atoms with E-state index in [1.165, 1.54) is 0 Å². The van der Waals surface area contributed by atoms with Crippen LogP contribution in [0.25, 0.3) is 0 Å². The van der Waals surface area contributed by atoms with Crippen molar-refractivity contribution in [2.75, 3.05) is 6.54 Å². The van der Waals surface area contributed by atoms with Gasteiger partial charge < -0.3 is 5.32 Å². The van der Waals surface area contributed by atoms with Crippen LogP contribution in [0.4, 0.5) is 4.39 Å². The molecule has 1 N–H and O–H groups in total. The van der Waals surface area contributed by atoms with Crippen molar-refractivity contribution < 1.29 is 4.39 Å². The lowest BCUT2D eigenvalue weighted by atomic mass is 9.97. The van der Waals surface area contributed by atoms with Gasteiger partial charge in [0.15, 0.2) is 0 Å². The second-order valence-corrected chi connectivity index (χ2v) is 6.40. The van der Waals surface area contributed by atoms with Crippen molar-refractivity contribution in [1.82, 2.24) is 5.32 Å². The summed E-state index contributed by atoms with van der Waals surface area (Å²) in [5.41, 5.74) is 2.69. The summed E-state index contributed by atoms with van der Waals surface area (Å²) in [6.45, 7) is 6.72. The van der Waals surface area contributed by atoms with Crippen LogP contribution < -0.4 is 5.32 Å². The summed E-state index contributed by atoms with van der Waals surface area (Å²) >= 11 is 5.18. The number of aryl methyl sites for hydroxylation is 2. The Bertz CT molecular complexity index is 556. The third kappa shape index (κ3) is 3.07. The van der Waals surface area contributed by atoms with Crippen LogP contribution in [0.15, 0.2) is 28.1 Å². The maximum absolute atomic E-state index is 14.4. The summed E-state index contributed by atoms with van der Waals surface area (Å²) in [6, 6.07) is 5.55. The minimum atomic E-state index is -0.135. The van der Waals surface area contributed by atoms with Gasteiger partial charge in [0, 0.05) is 14.9 Å². The molecule has 1 nitrogen and oxygen atoms in total. The first kappa shape index (κ1) is 14.7. The van der Waals surface area contributed by atoms with Crippen LogP contribution in [0.3, 0.4) is 0 Å². The third-order valence-corrected chi connectivity index (χ3v) is 5.02. The highest BCUT2D eigenvalue weighted by molar-refractivity contribution is 9.10. The smallest absolute Gasteiger partial charge is 0.128 e. The minimum Gasteiger partial charge on any atom is -0.306 e. The second-order valence-electron chi connectivity index (χ2n) is 4.60. The molecule has 102 valence electrons. The molecule has 0 spiro atoms. The van der Waals surface area contributed by atoms with Crippen molar-refractivity contribution in [1.29, 1.82) is 0 Å². The first-order valence-electron chi connectivity index (χ1n) is 6.27. The number of benzene rings is 1. The highest BCUT2D eigenvalue weighted by atomic mass is 79.9. The summed E-state index contributed by atoms with van der Waals surface area (Å²) in [5, 5.41) is 5.40. The van der Waals surface area contributed by atoms with Crippen LogP contribution in [0.5, 0.6) is 0 Å². The number of hydrogen-bond acceptors (Lipinski definition) is 2. The van der Waals surface area contributed by atoms with E-state index in [-0.39, 0.29) is 11.9 Å². The average Bonchev–Trinajstić information content (AvgIpc) is 2.73. The molecule has 0 aliphatic carbocycles. The van der Waals surface area contributed by atoms with Crippen LogP contribution in [-0.2, 0) is 0 Å². The van der Waals surface area contributed by atoms with Gasteiger partial charge in [0.25, 0.3) is 0 Å². The molecule has 1 heterocycles. The van der Waals surface area contributed by atoms with Gasteiger partial charge in [0.05, 0.1) is 6.04 Å². The van der Waals surface area contributed by atoms with Gasteiger partial charge >= 0.3 is 0 Å². The molecule has 0 radical (unpaired) electrons. The molecule has 0 aliphatic rings. The first-order valence-corrected chi connectivity index (χ1v) is 7.94. The van der Waals surface area contributed by atoms with E-state index in [0.29, 0.717) is 0 Å². The molecule has 2 aromatic rings. The molecule has 0 aliphatic heterocycles. The Labute approximate surface area is 126 Å². The van der Waals surface area contributed by atoms with E-state index < -0.39 is 0 Å². The number of hydrogen-bond donors (Lipinski definition) is 1. The molecule has 19 heavy (non-hydrogen) atoms. The molecule has 0 saturated carbocycles. The number of nitrogens with one attached hydrogen (secondary N) is 1. The quantitative estimate of drug-likeness (QED) is 0.828. The van der Waals surface area contributed by atoms with Crippen molar-refractivity contribution in [3.8, 4) is 0 Å². The van der Waals surface area contributed by atoms with Gasteiger partial charge in [0.2, 0.25) is 0 Å². The Hall–Kier alpha value is -0.710. The number of rotatable bonds is 4. The summed E-state index contributed by atoms with van der Waals surface area (Å²) in [7, 11) is 0. The van der Waals surface area contributed by atoms with Gasteiger partial charge in [-0.3, -0.25) is 0 Å². The van der Waals surface area contributed by atoms with E-state index in [1.54, 1.807) is 17.4 Å². The number of halogens is 2. The van der Waals surface area contributed by atoms with Crippen molar-refractivity contribution >= 4 is 27.3 Å². The third-order valence-electron chi connectivity index (χ3n) is 3.08. The molecule has 0 bridgehead atoms.